The van der Waals surface area contributed by atoms with E-state index in [-0.39, 0.29) is 31.6 Å². The van der Waals surface area contributed by atoms with Crippen LogP contribution < -0.4 is 0 Å². The van der Waals surface area contributed by atoms with E-state index >= 15 is 0 Å². The number of unbranched alkanes of at least 4 members (excludes halogenated alkanes) is 42. The molecule has 0 aromatic carbocycles. The van der Waals surface area contributed by atoms with Crippen LogP contribution >= 0.6 is 0 Å². The van der Waals surface area contributed by atoms with Crippen molar-refractivity contribution in [3.63, 3.8) is 0 Å². The van der Waals surface area contributed by atoms with Crippen molar-refractivity contribution in [1.29, 1.82) is 0 Å². The summed E-state index contributed by atoms with van der Waals surface area (Å²) in [6, 6.07) is 0. The van der Waals surface area contributed by atoms with Crippen molar-refractivity contribution >= 4 is 17.9 Å². The summed E-state index contributed by atoms with van der Waals surface area (Å²) in [4.78, 5) is 38.2. The van der Waals surface area contributed by atoms with E-state index in [0.717, 1.165) is 83.5 Å². The van der Waals surface area contributed by atoms with E-state index in [1.54, 1.807) is 6.08 Å². The molecule has 80 heavy (non-hydrogen) atoms. The number of carbonyl (C=O) groups excluding carboxylic acids is 3. The third-order valence-corrected chi connectivity index (χ3v) is 15.5. The summed E-state index contributed by atoms with van der Waals surface area (Å²) >= 11 is 0. The van der Waals surface area contributed by atoms with Gasteiger partial charge in [-0.3, -0.25) is 14.4 Å². The molecule has 0 saturated carbocycles. The lowest BCUT2D eigenvalue weighted by molar-refractivity contribution is -0.166. The van der Waals surface area contributed by atoms with E-state index in [9.17, 15) is 14.4 Å². The molecular formula is C74H132O6. The average molecular weight is 1120 g/mol. The van der Waals surface area contributed by atoms with Gasteiger partial charge in [-0.1, -0.05) is 344 Å². The highest BCUT2D eigenvalue weighted by atomic mass is 16.6. The molecule has 0 N–H and O–H groups in total. The minimum absolute atomic E-state index is 0.0976. The van der Waals surface area contributed by atoms with Gasteiger partial charge in [-0.25, -0.2) is 0 Å². The fourth-order valence-corrected chi connectivity index (χ4v) is 10.3. The molecule has 0 aliphatic rings. The Morgan fingerprint density at radius 3 is 0.825 bits per heavy atom. The zero-order valence-electron chi connectivity index (χ0n) is 53.3. The van der Waals surface area contributed by atoms with Gasteiger partial charge in [-0.2, -0.15) is 0 Å². The van der Waals surface area contributed by atoms with Crippen molar-refractivity contribution in [3.05, 3.63) is 72.9 Å². The number of hydrogen-bond donors (Lipinski definition) is 0. The standard InChI is InChI=1S/C74H132O6/c1-4-7-10-13-16-19-22-25-27-28-29-30-31-32-33-34-35-36-37-38-39-40-41-42-43-44-45-47-49-52-55-58-61-64-67-73(76)79-70-71(69-78-72(75)66-63-60-57-54-51-48-24-21-18-15-12-9-6-3)80-74(77)68-65-62-59-56-53-50-46-26-23-20-17-14-11-8-5-2/h8,11,17,20-21,24,26,46,53,56,62,65,71H,4-7,9-10,12-16,18-19,22-23,25,27-45,47-52,54-55,57-61,63-64,66-70H2,1-3H3/b11-8-,20-17-,24-21-,46-26-,56-53-,65-62-. The number of ether oxygens (including phenoxy) is 3. The van der Waals surface area contributed by atoms with Crippen molar-refractivity contribution in [3.8, 4) is 0 Å². The van der Waals surface area contributed by atoms with E-state index in [1.165, 1.54) is 238 Å². The highest BCUT2D eigenvalue weighted by molar-refractivity contribution is 5.72. The topological polar surface area (TPSA) is 78.9 Å². The molecular weight excluding hydrogens is 985 g/mol. The van der Waals surface area contributed by atoms with Gasteiger partial charge in [0.05, 0.1) is 6.42 Å². The summed E-state index contributed by atoms with van der Waals surface area (Å²) in [6.07, 6.45) is 89.9. The van der Waals surface area contributed by atoms with Crippen LogP contribution in [0.5, 0.6) is 0 Å². The van der Waals surface area contributed by atoms with Crippen LogP contribution in [-0.4, -0.2) is 37.2 Å². The Balaban J connectivity index is 4.12. The van der Waals surface area contributed by atoms with Gasteiger partial charge in [0, 0.05) is 12.8 Å². The Labute approximate surface area is 497 Å². The highest BCUT2D eigenvalue weighted by Gasteiger charge is 2.19. The Bertz CT molecular complexity index is 1470. The molecule has 0 saturated heterocycles. The molecule has 464 valence electrons. The average Bonchev–Trinajstić information content (AvgIpc) is 3.46. The van der Waals surface area contributed by atoms with Crippen LogP contribution in [-0.2, 0) is 28.6 Å². The second-order valence-corrected chi connectivity index (χ2v) is 23.4. The van der Waals surface area contributed by atoms with Crippen molar-refractivity contribution in [1.82, 2.24) is 0 Å². The maximum Gasteiger partial charge on any atom is 0.310 e. The van der Waals surface area contributed by atoms with E-state index in [0.29, 0.717) is 12.8 Å². The maximum absolute atomic E-state index is 12.8. The van der Waals surface area contributed by atoms with Gasteiger partial charge in [-0.05, 0) is 70.6 Å². The number of allylic oxidation sites excluding steroid dienone is 11. The zero-order valence-corrected chi connectivity index (χ0v) is 53.3. The molecule has 0 amide bonds. The van der Waals surface area contributed by atoms with Gasteiger partial charge >= 0.3 is 17.9 Å². The third kappa shape index (κ3) is 65.7. The fourth-order valence-electron chi connectivity index (χ4n) is 10.3. The first-order chi connectivity index (χ1) is 39.5. The number of rotatable bonds is 64. The Kier molecular flexibility index (Phi) is 65.7. The van der Waals surface area contributed by atoms with Crippen LogP contribution in [0.2, 0.25) is 0 Å². The van der Waals surface area contributed by atoms with Crippen LogP contribution in [0.1, 0.15) is 361 Å². The molecule has 6 nitrogen and oxygen atoms in total. The Hall–Kier alpha value is -3.15. The monoisotopic (exact) mass is 1120 g/mol. The van der Waals surface area contributed by atoms with Crippen LogP contribution in [0.4, 0.5) is 0 Å². The molecule has 0 radical (unpaired) electrons. The summed E-state index contributed by atoms with van der Waals surface area (Å²) in [6.45, 7) is 6.46. The SMILES string of the molecule is CC/C=C\C/C=C\C/C=C\C/C=C\C/C=C\CC(=O)OC(COC(=O)CCCCCCC/C=C\CCCCCC)COC(=O)CCCCCCCCCCCCCCCCCCCCCCCCCCCCCCCCCCCC. The van der Waals surface area contributed by atoms with Gasteiger partial charge < -0.3 is 14.2 Å². The largest absolute Gasteiger partial charge is 0.462 e. The molecule has 0 heterocycles. The molecule has 0 bridgehead atoms. The van der Waals surface area contributed by atoms with Gasteiger partial charge in [0.15, 0.2) is 6.10 Å². The smallest absolute Gasteiger partial charge is 0.310 e. The molecule has 0 aromatic rings. The molecule has 0 fully saturated rings. The van der Waals surface area contributed by atoms with Gasteiger partial charge in [0.1, 0.15) is 13.2 Å². The number of hydrogen-bond acceptors (Lipinski definition) is 6. The zero-order chi connectivity index (χ0) is 57.8. The summed E-state index contributed by atoms with van der Waals surface area (Å²) < 4.78 is 16.8. The second-order valence-electron chi connectivity index (χ2n) is 23.4. The van der Waals surface area contributed by atoms with Crippen LogP contribution in [0.3, 0.4) is 0 Å². The molecule has 0 spiro atoms. The predicted octanol–water partition coefficient (Wildman–Crippen LogP) is 24.1. The second kappa shape index (κ2) is 68.3. The lowest BCUT2D eigenvalue weighted by Gasteiger charge is -2.18. The van der Waals surface area contributed by atoms with Crippen molar-refractivity contribution in [2.45, 2.75) is 367 Å². The summed E-state index contributed by atoms with van der Waals surface area (Å²) in [5.41, 5.74) is 0. The normalized spacial score (nSPS) is 12.5. The van der Waals surface area contributed by atoms with Crippen LogP contribution in [0.15, 0.2) is 72.9 Å². The fraction of sp³-hybridized carbons (Fsp3) is 0.797. The number of esters is 3. The summed E-state index contributed by atoms with van der Waals surface area (Å²) in [5, 5.41) is 0. The first kappa shape index (κ1) is 76.9. The minimum Gasteiger partial charge on any atom is -0.462 e. The Morgan fingerprint density at radius 2 is 0.525 bits per heavy atom. The van der Waals surface area contributed by atoms with E-state index in [4.69, 9.17) is 14.2 Å². The van der Waals surface area contributed by atoms with Gasteiger partial charge in [0.2, 0.25) is 0 Å². The van der Waals surface area contributed by atoms with Crippen molar-refractivity contribution in [2.75, 3.05) is 13.2 Å². The van der Waals surface area contributed by atoms with Crippen LogP contribution in [0.25, 0.3) is 0 Å². The third-order valence-electron chi connectivity index (χ3n) is 15.5. The lowest BCUT2D eigenvalue weighted by Crippen LogP contribution is -2.30. The van der Waals surface area contributed by atoms with Gasteiger partial charge in [0.25, 0.3) is 0 Å². The van der Waals surface area contributed by atoms with Crippen LogP contribution in [0, 0.1) is 0 Å². The molecule has 1 unspecified atom stereocenters. The molecule has 6 heteroatoms. The molecule has 0 rings (SSSR count). The summed E-state index contributed by atoms with van der Waals surface area (Å²) in [5.74, 6) is -1.04. The Morgan fingerprint density at radius 1 is 0.275 bits per heavy atom. The first-order valence-corrected chi connectivity index (χ1v) is 34.9. The first-order valence-electron chi connectivity index (χ1n) is 34.9. The molecule has 0 aliphatic heterocycles. The van der Waals surface area contributed by atoms with E-state index < -0.39 is 12.1 Å². The quantitative estimate of drug-likeness (QED) is 0.0261. The van der Waals surface area contributed by atoms with Crippen molar-refractivity contribution < 1.29 is 28.6 Å². The highest BCUT2D eigenvalue weighted by Crippen LogP contribution is 2.18. The van der Waals surface area contributed by atoms with Crippen molar-refractivity contribution in [2.24, 2.45) is 0 Å². The molecule has 0 aromatic heterocycles. The lowest BCUT2D eigenvalue weighted by atomic mass is 10.0. The van der Waals surface area contributed by atoms with E-state index in [2.05, 4.69) is 81.5 Å². The van der Waals surface area contributed by atoms with Gasteiger partial charge in [-0.15, -0.1) is 0 Å². The maximum atomic E-state index is 12.8. The van der Waals surface area contributed by atoms with E-state index in [1.807, 2.05) is 6.08 Å². The number of carbonyl (C=O) groups is 3. The molecule has 1 atom stereocenters. The molecule has 0 aliphatic carbocycles. The predicted molar refractivity (Wildman–Crippen MR) is 348 cm³/mol. The minimum atomic E-state index is -0.833. The summed E-state index contributed by atoms with van der Waals surface area (Å²) in [7, 11) is 0.